The molecular formula is C17H26N2O3. The van der Waals surface area contributed by atoms with E-state index < -0.39 is 0 Å². The molecule has 0 aliphatic carbocycles. The highest BCUT2D eigenvalue weighted by molar-refractivity contribution is 5.78. The van der Waals surface area contributed by atoms with Crippen LogP contribution in [-0.2, 0) is 9.53 Å². The van der Waals surface area contributed by atoms with Gasteiger partial charge in [0.2, 0.25) is 5.91 Å². The van der Waals surface area contributed by atoms with Crippen molar-refractivity contribution in [3.63, 3.8) is 0 Å². The zero-order valence-electron chi connectivity index (χ0n) is 13.5. The fourth-order valence-corrected chi connectivity index (χ4v) is 3.00. The Morgan fingerprint density at radius 2 is 2.23 bits per heavy atom. The third-order valence-corrected chi connectivity index (χ3v) is 4.01. The summed E-state index contributed by atoms with van der Waals surface area (Å²) in [5, 5.41) is 0. The summed E-state index contributed by atoms with van der Waals surface area (Å²) in [5.74, 6) is 0.992. The van der Waals surface area contributed by atoms with Crippen LogP contribution in [0.3, 0.4) is 0 Å². The summed E-state index contributed by atoms with van der Waals surface area (Å²) in [4.78, 5) is 14.2. The van der Waals surface area contributed by atoms with Gasteiger partial charge in [0, 0.05) is 32.7 Å². The van der Waals surface area contributed by atoms with Gasteiger partial charge >= 0.3 is 0 Å². The van der Waals surface area contributed by atoms with E-state index in [1.54, 1.807) is 7.11 Å². The van der Waals surface area contributed by atoms with Crippen LogP contribution in [0, 0.1) is 0 Å². The number of methoxy groups -OCH3 is 1. The van der Waals surface area contributed by atoms with Crippen molar-refractivity contribution in [3.8, 4) is 5.75 Å². The molecule has 1 aliphatic heterocycles. The molecule has 1 amide bonds. The molecule has 5 heteroatoms. The van der Waals surface area contributed by atoms with Crippen molar-refractivity contribution in [2.45, 2.75) is 38.3 Å². The van der Waals surface area contributed by atoms with Gasteiger partial charge < -0.3 is 20.1 Å². The molecule has 1 aromatic carbocycles. The fourth-order valence-electron chi connectivity index (χ4n) is 3.00. The Bertz CT molecular complexity index is 493. The fraction of sp³-hybridized carbons (Fsp3) is 0.588. The highest BCUT2D eigenvalue weighted by Gasteiger charge is 2.34. The zero-order valence-corrected chi connectivity index (χ0v) is 13.5. The molecule has 2 unspecified atom stereocenters. The second kappa shape index (κ2) is 8.15. The number of hydrogen-bond acceptors (Lipinski definition) is 4. The molecule has 1 aliphatic rings. The molecule has 0 spiro atoms. The van der Waals surface area contributed by atoms with Crippen LogP contribution in [-0.4, -0.2) is 43.7 Å². The number of ether oxygens (including phenoxy) is 2. The molecule has 0 bridgehead atoms. The Balaban J connectivity index is 2.21. The topological polar surface area (TPSA) is 64.8 Å². The van der Waals surface area contributed by atoms with E-state index in [1.165, 1.54) is 0 Å². The van der Waals surface area contributed by atoms with Crippen molar-refractivity contribution in [2.75, 3.05) is 26.9 Å². The summed E-state index contributed by atoms with van der Waals surface area (Å²) in [6.45, 7) is 3.89. The maximum atomic E-state index is 12.3. The Morgan fingerprint density at radius 3 is 2.95 bits per heavy atom. The van der Waals surface area contributed by atoms with Gasteiger partial charge in [-0.05, 0) is 37.5 Å². The molecule has 1 aromatic rings. The summed E-state index contributed by atoms with van der Waals surface area (Å²) in [5.41, 5.74) is 7.37. The maximum Gasteiger partial charge on any atom is 0.223 e. The third kappa shape index (κ3) is 3.99. The lowest BCUT2D eigenvalue weighted by atomic mass is 9.90. The van der Waals surface area contributed by atoms with Gasteiger partial charge in [0.15, 0.2) is 0 Å². The Hall–Kier alpha value is -1.59. The van der Waals surface area contributed by atoms with Crippen LogP contribution in [0.5, 0.6) is 5.75 Å². The smallest absolute Gasteiger partial charge is 0.223 e. The van der Waals surface area contributed by atoms with Gasteiger partial charge in [-0.3, -0.25) is 4.79 Å². The minimum Gasteiger partial charge on any atom is -0.494 e. The molecule has 1 fully saturated rings. The van der Waals surface area contributed by atoms with Crippen LogP contribution in [0.2, 0.25) is 0 Å². The number of nitrogens with zero attached hydrogens (tertiary/aromatic N) is 1. The number of piperidine rings is 1. The van der Waals surface area contributed by atoms with Gasteiger partial charge in [0.25, 0.3) is 0 Å². The third-order valence-electron chi connectivity index (χ3n) is 4.01. The lowest BCUT2D eigenvalue weighted by Gasteiger charge is -2.40. The molecule has 2 N–H and O–H groups in total. The molecule has 0 aromatic heterocycles. The number of carbonyl (C=O) groups excluding carboxylic acids is 1. The second-order valence-corrected chi connectivity index (χ2v) is 5.59. The van der Waals surface area contributed by atoms with E-state index in [4.69, 9.17) is 15.2 Å². The van der Waals surface area contributed by atoms with E-state index in [0.29, 0.717) is 26.2 Å². The van der Waals surface area contributed by atoms with Crippen molar-refractivity contribution in [1.82, 2.24) is 4.90 Å². The first-order chi connectivity index (χ1) is 10.7. The van der Waals surface area contributed by atoms with Crippen LogP contribution in [0.4, 0.5) is 0 Å². The van der Waals surface area contributed by atoms with E-state index in [1.807, 2.05) is 36.1 Å². The molecule has 0 saturated carbocycles. The van der Waals surface area contributed by atoms with Gasteiger partial charge in [-0.15, -0.1) is 0 Å². The van der Waals surface area contributed by atoms with Gasteiger partial charge in [0.1, 0.15) is 5.75 Å². The number of likely N-dealkylation sites (tertiary alicyclic amines) is 1. The predicted molar refractivity (Wildman–Crippen MR) is 85.8 cm³/mol. The quantitative estimate of drug-likeness (QED) is 0.784. The van der Waals surface area contributed by atoms with Crippen molar-refractivity contribution in [3.05, 3.63) is 29.8 Å². The SMILES string of the molecule is CCOc1cccc(C2C(N)CCC(=O)N2CCCOC)c1. The Kier molecular flexibility index (Phi) is 6.21. The molecular weight excluding hydrogens is 280 g/mol. The van der Waals surface area contributed by atoms with Gasteiger partial charge in [-0.1, -0.05) is 12.1 Å². The molecule has 1 saturated heterocycles. The van der Waals surface area contributed by atoms with Crippen LogP contribution < -0.4 is 10.5 Å². The summed E-state index contributed by atoms with van der Waals surface area (Å²) in [6.07, 6.45) is 2.07. The van der Waals surface area contributed by atoms with Crippen LogP contribution >= 0.6 is 0 Å². The number of hydrogen-bond donors (Lipinski definition) is 1. The van der Waals surface area contributed by atoms with Crippen LogP contribution in [0.25, 0.3) is 0 Å². The highest BCUT2D eigenvalue weighted by Crippen LogP contribution is 2.32. The monoisotopic (exact) mass is 306 g/mol. The molecule has 5 nitrogen and oxygen atoms in total. The van der Waals surface area contributed by atoms with Crippen molar-refractivity contribution in [2.24, 2.45) is 5.73 Å². The normalized spacial score (nSPS) is 22.0. The average Bonchev–Trinajstić information content (AvgIpc) is 2.51. The molecule has 122 valence electrons. The van der Waals surface area contributed by atoms with Gasteiger partial charge in [-0.25, -0.2) is 0 Å². The Morgan fingerprint density at radius 1 is 1.41 bits per heavy atom. The number of carbonyl (C=O) groups is 1. The highest BCUT2D eigenvalue weighted by atomic mass is 16.5. The first-order valence-electron chi connectivity index (χ1n) is 7.94. The lowest BCUT2D eigenvalue weighted by Crippen LogP contribution is -2.49. The summed E-state index contributed by atoms with van der Waals surface area (Å²) < 4.78 is 10.7. The average molecular weight is 306 g/mol. The Labute approximate surface area is 132 Å². The first kappa shape index (κ1) is 16.8. The van der Waals surface area contributed by atoms with Crippen molar-refractivity contribution < 1.29 is 14.3 Å². The van der Waals surface area contributed by atoms with Crippen LogP contribution in [0.1, 0.15) is 37.8 Å². The number of nitrogens with two attached hydrogens (primary N) is 1. The molecule has 2 rings (SSSR count). The summed E-state index contributed by atoms with van der Waals surface area (Å²) >= 11 is 0. The lowest BCUT2D eigenvalue weighted by molar-refractivity contribution is -0.137. The second-order valence-electron chi connectivity index (χ2n) is 5.59. The predicted octanol–water partition coefficient (Wildman–Crippen LogP) is 2.11. The maximum absolute atomic E-state index is 12.3. The van der Waals surface area contributed by atoms with Gasteiger partial charge in [0.05, 0.1) is 12.6 Å². The summed E-state index contributed by atoms with van der Waals surface area (Å²) in [7, 11) is 1.67. The largest absolute Gasteiger partial charge is 0.494 e. The minimum atomic E-state index is -0.0847. The number of benzene rings is 1. The van der Waals surface area contributed by atoms with E-state index in [2.05, 4.69) is 0 Å². The minimum absolute atomic E-state index is 0.0443. The summed E-state index contributed by atoms with van der Waals surface area (Å²) in [6, 6.07) is 7.78. The van der Waals surface area contributed by atoms with Crippen molar-refractivity contribution >= 4 is 5.91 Å². The van der Waals surface area contributed by atoms with E-state index in [9.17, 15) is 4.79 Å². The van der Waals surface area contributed by atoms with Gasteiger partial charge in [-0.2, -0.15) is 0 Å². The van der Waals surface area contributed by atoms with E-state index in [0.717, 1.165) is 24.2 Å². The van der Waals surface area contributed by atoms with Crippen molar-refractivity contribution in [1.29, 1.82) is 0 Å². The number of rotatable bonds is 7. The molecule has 2 atom stereocenters. The van der Waals surface area contributed by atoms with E-state index in [-0.39, 0.29) is 18.0 Å². The standard InChI is InChI=1S/C17H26N2O3/c1-3-22-14-7-4-6-13(12-14)17-15(18)8-9-16(20)19(17)10-5-11-21-2/h4,6-7,12,15,17H,3,5,8-11,18H2,1-2H3. The number of amides is 1. The first-order valence-corrected chi connectivity index (χ1v) is 7.94. The van der Waals surface area contributed by atoms with Crippen LogP contribution in [0.15, 0.2) is 24.3 Å². The zero-order chi connectivity index (χ0) is 15.9. The molecule has 22 heavy (non-hydrogen) atoms. The molecule has 0 radical (unpaired) electrons. The van der Waals surface area contributed by atoms with E-state index >= 15 is 0 Å². The molecule has 1 heterocycles.